The van der Waals surface area contributed by atoms with Gasteiger partial charge in [0.15, 0.2) is 0 Å². The van der Waals surface area contributed by atoms with E-state index >= 15 is 0 Å². The van der Waals surface area contributed by atoms with Gasteiger partial charge in [-0.25, -0.2) is 9.78 Å². The van der Waals surface area contributed by atoms with Crippen molar-refractivity contribution in [3.05, 3.63) is 101 Å². The molecule has 3 aromatic carbocycles. The molecule has 5 rings (SSSR count). The zero-order valence-electron chi connectivity index (χ0n) is 17.5. The highest BCUT2D eigenvalue weighted by molar-refractivity contribution is 5.93. The van der Waals surface area contributed by atoms with E-state index in [1.54, 1.807) is 6.07 Å². The molecule has 0 unspecified atom stereocenters. The highest BCUT2D eigenvalue weighted by atomic mass is 16.5. The Labute approximate surface area is 180 Å². The molecule has 0 saturated heterocycles. The van der Waals surface area contributed by atoms with E-state index in [0.717, 1.165) is 39.0 Å². The molecule has 5 nitrogen and oxygen atoms in total. The maximum absolute atomic E-state index is 12.2. The van der Waals surface area contributed by atoms with Crippen LogP contribution in [-0.2, 0) is 17.9 Å². The largest absolute Gasteiger partial charge is 0.488 e. The van der Waals surface area contributed by atoms with Gasteiger partial charge < -0.3 is 14.0 Å². The van der Waals surface area contributed by atoms with E-state index < -0.39 is 0 Å². The fourth-order valence-electron chi connectivity index (χ4n) is 4.04. The maximum Gasteiger partial charge on any atom is 0.337 e. The third kappa shape index (κ3) is 3.48. The van der Waals surface area contributed by atoms with Gasteiger partial charge in [0, 0.05) is 12.1 Å². The molecule has 1 aromatic heterocycles. The number of hydrogen-bond donors (Lipinski definition) is 0. The molecule has 31 heavy (non-hydrogen) atoms. The lowest BCUT2D eigenvalue weighted by Gasteiger charge is -2.12. The van der Waals surface area contributed by atoms with Gasteiger partial charge in [-0.05, 0) is 59.5 Å². The van der Waals surface area contributed by atoms with Crippen LogP contribution >= 0.6 is 0 Å². The maximum atomic E-state index is 12.2. The minimum atomic E-state index is -0.365. The Bertz CT molecular complexity index is 1330. The highest BCUT2D eigenvalue weighted by Crippen LogP contribution is 2.37. The minimum Gasteiger partial charge on any atom is -0.488 e. The zero-order valence-corrected chi connectivity index (χ0v) is 17.5. The van der Waals surface area contributed by atoms with Crippen LogP contribution in [0.25, 0.3) is 16.6 Å². The standard InChI is InChI=1S/C26H22N2O3/c1-17-7-9-23-24(13-17)28(16-27-23)12-11-21-20-6-4-3-5-19(20)15-31-25-10-8-18(14-22(21)25)26(29)30-2/h3-11,13-14,16H,12,15H2,1-2H3. The fourth-order valence-corrected chi connectivity index (χ4v) is 4.04. The first-order valence-electron chi connectivity index (χ1n) is 10.2. The predicted molar refractivity (Wildman–Crippen MR) is 120 cm³/mol. The average molecular weight is 410 g/mol. The smallest absolute Gasteiger partial charge is 0.337 e. The fraction of sp³-hybridized carbons (Fsp3) is 0.154. The van der Waals surface area contributed by atoms with Crippen LogP contribution < -0.4 is 4.74 Å². The topological polar surface area (TPSA) is 53.4 Å². The summed E-state index contributed by atoms with van der Waals surface area (Å²) in [6, 6.07) is 19.9. The van der Waals surface area contributed by atoms with Gasteiger partial charge in [-0.2, -0.15) is 0 Å². The zero-order chi connectivity index (χ0) is 21.4. The number of aromatic nitrogens is 2. The normalized spacial score (nSPS) is 13.9. The van der Waals surface area contributed by atoms with Crippen molar-refractivity contribution in [2.75, 3.05) is 7.11 Å². The first-order valence-corrected chi connectivity index (χ1v) is 10.2. The number of benzene rings is 3. The molecular weight excluding hydrogens is 388 g/mol. The number of allylic oxidation sites excluding steroid dienone is 1. The number of fused-ring (bicyclic) bond motifs is 3. The van der Waals surface area contributed by atoms with Crippen molar-refractivity contribution in [2.45, 2.75) is 20.1 Å². The summed E-state index contributed by atoms with van der Waals surface area (Å²) >= 11 is 0. The van der Waals surface area contributed by atoms with Gasteiger partial charge in [-0.1, -0.05) is 36.4 Å². The molecule has 0 spiro atoms. The van der Waals surface area contributed by atoms with Gasteiger partial charge >= 0.3 is 5.97 Å². The first kappa shape index (κ1) is 19.1. The van der Waals surface area contributed by atoms with E-state index in [1.165, 1.54) is 12.7 Å². The van der Waals surface area contributed by atoms with Gasteiger partial charge in [0.2, 0.25) is 0 Å². The minimum absolute atomic E-state index is 0.365. The summed E-state index contributed by atoms with van der Waals surface area (Å²) in [6.07, 6.45) is 4.04. The number of methoxy groups -OCH3 is 1. The monoisotopic (exact) mass is 410 g/mol. The van der Waals surface area contributed by atoms with Crippen molar-refractivity contribution in [1.29, 1.82) is 0 Å². The molecule has 1 aliphatic heterocycles. The molecule has 5 heteroatoms. The molecular formula is C26H22N2O3. The molecule has 0 amide bonds. The SMILES string of the molecule is COC(=O)c1ccc2c(c1)C(=CCn1cnc3ccc(C)cc31)c1ccccc1CO2. The molecule has 0 bridgehead atoms. The molecule has 0 aliphatic carbocycles. The van der Waals surface area contributed by atoms with Crippen LogP contribution in [0.4, 0.5) is 0 Å². The molecule has 0 radical (unpaired) electrons. The van der Waals surface area contributed by atoms with Crippen LogP contribution in [0.2, 0.25) is 0 Å². The molecule has 2 heterocycles. The molecule has 0 atom stereocenters. The summed E-state index contributed by atoms with van der Waals surface area (Å²) in [5.74, 6) is 0.386. The quantitative estimate of drug-likeness (QED) is 0.438. The molecule has 4 aromatic rings. The van der Waals surface area contributed by atoms with Crippen LogP contribution in [0.3, 0.4) is 0 Å². The number of carbonyl (C=O) groups is 1. The van der Waals surface area contributed by atoms with Crippen LogP contribution in [0.15, 0.2) is 73.1 Å². The van der Waals surface area contributed by atoms with E-state index in [-0.39, 0.29) is 5.97 Å². The Balaban J connectivity index is 1.65. The van der Waals surface area contributed by atoms with E-state index in [4.69, 9.17) is 9.47 Å². The van der Waals surface area contributed by atoms with Crippen molar-refractivity contribution in [1.82, 2.24) is 9.55 Å². The Morgan fingerprint density at radius 1 is 1.13 bits per heavy atom. The third-order valence-electron chi connectivity index (χ3n) is 5.65. The Hall–Kier alpha value is -3.86. The average Bonchev–Trinajstić information content (AvgIpc) is 3.12. The summed E-state index contributed by atoms with van der Waals surface area (Å²) < 4.78 is 13.1. The summed E-state index contributed by atoms with van der Waals surface area (Å²) in [5.41, 5.74) is 7.89. The van der Waals surface area contributed by atoms with Crippen molar-refractivity contribution in [3.8, 4) is 5.75 Å². The van der Waals surface area contributed by atoms with Crippen LogP contribution in [-0.4, -0.2) is 22.6 Å². The number of ether oxygens (including phenoxy) is 2. The number of nitrogens with zero attached hydrogens (tertiary/aromatic N) is 2. The molecule has 0 N–H and O–H groups in total. The number of esters is 1. The van der Waals surface area contributed by atoms with E-state index in [1.807, 2.05) is 36.7 Å². The van der Waals surface area contributed by atoms with Crippen molar-refractivity contribution in [3.63, 3.8) is 0 Å². The molecule has 154 valence electrons. The lowest BCUT2D eigenvalue weighted by atomic mass is 9.93. The second-order valence-electron chi connectivity index (χ2n) is 7.66. The summed E-state index contributed by atoms with van der Waals surface area (Å²) in [6.45, 7) is 3.20. The lowest BCUT2D eigenvalue weighted by molar-refractivity contribution is 0.0600. The number of imidazole rings is 1. The summed E-state index contributed by atoms with van der Waals surface area (Å²) in [5, 5.41) is 0. The lowest BCUT2D eigenvalue weighted by Crippen LogP contribution is -2.03. The van der Waals surface area contributed by atoms with E-state index in [9.17, 15) is 4.79 Å². The third-order valence-corrected chi connectivity index (χ3v) is 5.65. The first-order chi connectivity index (χ1) is 15.1. The van der Waals surface area contributed by atoms with Gasteiger partial charge in [0.25, 0.3) is 0 Å². The predicted octanol–water partition coefficient (Wildman–Crippen LogP) is 5.16. The van der Waals surface area contributed by atoms with Gasteiger partial charge in [0.1, 0.15) is 12.4 Å². The second kappa shape index (κ2) is 7.76. The second-order valence-corrected chi connectivity index (χ2v) is 7.66. The van der Waals surface area contributed by atoms with Gasteiger partial charge in [-0.15, -0.1) is 0 Å². The van der Waals surface area contributed by atoms with Crippen LogP contribution in [0, 0.1) is 6.92 Å². The van der Waals surface area contributed by atoms with Crippen molar-refractivity contribution in [2.24, 2.45) is 0 Å². The van der Waals surface area contributed by atoms with Crippen molar-refractivity contribution < 1.29 is 14.3 Å². The van der Waals surface area contributed by atoms with Gasteiger partial charge in [-0.3, -0.25) is 0 Å². The summed E-state index contributed by atoms with van der Waals surface area (Å²) in [4.78, 5) is 16.7. The summed E-state index contributed by atoms with van der Waals surface area (Å²) in [7, 11) is 1.39. The Morgan fingerprint density at radius 2 is 2.00 bits per heavy atom. The number of hydrogen-bond acceptors (Lipinski definition) is 4. The Kier molecular flexibility index (Phi) is 4.79. The highest BCUT2D eigenvalue weighted by Gasteiger charge is 2.21. The number of aryl methyl sites for hydroxylation is 1. The van der Waals surface area contributed by atoms with Crippen molar-refractivity contribution >= 4 is 22.6 Å². The molecule has 0 saturated carbocycles. The van der Waals surface area contributed by atoms with Crippen LogP contribution in [0.5, 0.6) is 5.75 Å². The molecule has 1 aliphatic rings. The number of carbonyl (C=O) groups excluding carboxylic acids is 1. The molecule has 0 fully saturated rings. The van der Waals surface area contributed by atoms with E-state index in [2.05, 4.69) is 46.8 Å². The Morgan fingerprint density at radius 3 is 2.87 bits per heavy atom. The van der Waals surface area contributed by atoms with Crippen LogP contribution in [0.1, 0.15) is 32.6 Å². The van der Waals surface area contributed by atoms with Gasteiger partial charge in [0.05, 0.1) is 30.0 Å². The van der Waals surface area contributed by atoms with E-state index in [0.29, 0.717) is 18.7 Å². The number of rotatable bonds is 3.